The second-order valence-corrected chi connectivity index (χ2v) is 5.57. The van der Waals surface area contributed by atoms with E-state index in [1.807, 2.05) is 0 Å². The summed E-state index contributed by atoms with van der Waals surface area (Å²) in [6, 6.07) is 2.45. The van der Waals surface area contributed by atoms with Gasteiger partial charge in [0.05, 0.1) is 16.1 Å². The molecule has 3 heterocycles. The first-order chi connectivity index (χ1) is 12.4. The number of rotatable bonds is 1. The highest BCUT2D eigenvalue weighted by Crippen LogP contribution is 2.32. The van der Waals surface area contributed by atoms with E-state index < -0.39 is 51.2 Å². The molecule has 0 radical (unpaired) electrons. The molecule has 0 amide bonds. The van der Waals surface area contributed by atoms with Gasteiger partial charge >= 0.3 is 18.0 Å². The molecule has 0 aromatic carbocycles. The first kappa shape index (κ1) is 18.7. The fourth-order valence-electron chi connectivity index (χ4n) is 2.20. The number of fused-ring (bicyclic) bond motifs is 1. The van der Waals surface area contributed by atoms with E-state index in [9.17, 15) is 31.1 Å². The topological polar surface area (TPSA) is 76.0 Å². The molecule has 0 saturated heterocycles. The number of nitriles is 1. The van der Waals surface area contributed by atoms with E-state index in [2.05, 4.69) is 10.1 Å². The smallest absolute Gasteiger partial charge is 0.248 e. The maximum atomic E-state index is 12.9. The minimum atomic E-state index is -4.83. The Morgan fingerprint density at radius 2 is 1.70 bits per heavy atom. The second-order valence-electron chi connectivity index (χ2n) is 5.16. The maximum absolute atomic E-state index is 12.9. The normalized spacial score (nSPS) is 12.4. The minimum absolute atomic E-state index is 0.335. The van der Waals surface area contributed by atoms with Crippen LogP contribution in [0.25, 0.3) is 11.3 Å². The molecule has 0 fully saturated rings. The highest BCUT2D eigenvalue weighted by molar-refractivity contribution is 6.33. The van der Waals surface area contributed by atoms with Crippen molar-refractivity contribution in [3.8, 4) is 11.8 Å². The lowest BCUT2D eigenvalue weighted by atomic mass is 10.2. The molecule has 0 saturated carbocycles. The first-order valence-electron chi connectivity index (χ1n) is 6.79. The largest absolute Gasteiger partial charge is 0.417 e. The summed E-state index contributed by atoms with van der Waals surface area (Å²) in [7, 11) is 0. The van der Waals surface area contributed by atoms with Crippen molar-refractivity contribution in [3.05, 3.63) is 56.9 Å². The van der Waals surface area contributed by atoms with Crippen LogP contribution in [0.1, 0.15) is 16.8 Å². The predicted molar refractivity (Wildman–Crippen MR) is 78.3 cm³/mol. The summed E-state index contributed by atoms with van der Waals surface area (Å²) in [6.45, 7) is 0. The van der Waals surface area contributed by atoms with Gasteiger partial charge in [0.15, 0.2) is 11.3 Å². The van der Waals surface area contributed by atoms with Crippen molar-refractivity contribution < 1.29 is 26.3 Å². The van der Waals surface area contributed by atoms with Crippen LogP contribution in [-0.2, 0) is 12.4 Å². The molecule has 13 heteroatoms. The summed E-state index contributed by atoms with van der Waals surface area (Å²) in [4.78, 5) is 15.7. The Labute approximate surface area is 149 Å². The van der Waals surface area contributed by atoms with Crippen LogP contribution in [0.15, 0.2) is 29.3 Å². The molecule has 0 atom stereocenters. The lowest BCUT2D eigenvalue weighted by Crippen LogP contribution is -2.22. The van der Waals surface area contributed by atoms with Gasteiger partial charge in [-0.1, -0.05) is 11.6 Å². The Bertz CT molecular complexity index is 1150. The van der Waals surface area contributed by atoms with Crippen molar-refractivity contribution in [1.82, 2.24) is 19.2 Å². The lowest BCUT2D eigenvalue weighted by Gasteiger charge is -2.08. The molecule has 0 bridgehead atoms. The lowest BCUT2D eigenvalue weighted by molar-refractivity contribution is -0.138. The van der Waals surface area contributed by atoms with Crippen molar-refractivity contribution >= 4 is 17.2 Å². The van der Waals surface area contributed by atoms with Crippen molar-refractivity contribution in [2.75, 3.05) is 0 Å². The Kier molecular flexibility index (Phi) is 4.15. The number of hydrogen-bond donors (Lipinski definition) is 0. The van der Waals surface area contributed by atoms with Gasteiger partial charge in [-0.2, -0.15) is 36.3 Å². The van der Waals surface area contributed by atoms with E-state index in [-0.39, 0.29) is 0 Å². The van der Waals surface area contributed by atoms with Crippen molar-refractivity contribution in [2.24, 2.45) is 0 Å². The summed E-state index contributed by atoms with van der Waals surface area (Å²) in [5.41, 5.74) is -5.45. The monoisotopic (exact) mass is 407 g/mol. The number of alkyl halides is 6. The van der Waals surface area contributed by atoms with Gasteiger partial charge < -0.3 is 0 Å². The zero-order chi connectivity index (χ0) is 20.1. The van der Waals surface area contributed by atoms with E-state index >= 15 is 0 Å². The predicted octanol–water partition coefficient (Wildman–Crippen LogP) is 3.44. The third kappa shape index (κ3) is 3.21. The number of hydrogen-bond acceptors (Lipinski definition) is 4. The molecule has 0 unspecified atom stereocenters. The highest BCUT2D eigenvalue weighted by Gasteiger charge is 2.34. The van der Waals surface area contributed by atoms with Crippen LogP contribution >= 0.6 is 11.6 Å². The van der Waals surface area contributed by atoms with Crippen molar-refractivity contribution in [3.63, 3.8) is 0 Å². The fraction of sp³-hybridized carbons (Fsp3) is 0.143. The standard InChI is InChI=1S/C14H4ClF6N5O/c15-8-1-7(14(19,20)21)5-25-11(8)24-26(12(25)27)10-2-6(13(16,17)18)4-23-9(10)3-22/h1-2,4-5H. The van der Waals surface area contributed by atoms with Gasteiger partial charge in [0.25, 0.3) is 0 Å². The van der Waals surface area contributed by atoms with Gasteiger partial charge in [0.2, 0.25) is 0 Å². The zero-order valence-corrected chi connectivity index (χ0v) is 13.4. The van der Waals surface area contributed by atoms with Gasteiger partial charge in [-0.05, 0) is 12.1 Å². The zero-order valence-electron chi connectivity index (χ0n) is 12.6. The quantitative estimate of drug-likeness (QED) is 0.579. The minimum Gasteiger partial charge on any atom is -0.248 e. The maximum Gasteiger partial charge on any atom is 0.417 e. The summed E-state index contributed by atoms with van der Waals surface area (Å²) in [6.07, 6.45) is -8.87. The van der Waals surface area contributed by atoms with E-state index in [0.29, 0.717) is 33.6 Å². The van der Waals surface area contributed by atoms with Crippen LogP contribution in [0.2, 0.25) is 5.02 Å². The van der Waals surface area contributed by atoms with Gasteiger partial charge in [-0.25, -0.2) is 14.2 Å². The van der Waals surface area contributed by atoms with Crippen molar-refractivity contribution in [2.45, 2.75) is 12.4 Å². The molecule has 3 aromatic heterocycles. The molecular formula is C14H4ClF6N5O. The molecule has 0 aliphatic carbocycles. The molecule has 0 N–H and O–H groups in total. The Morgan fingerprint density at radius 1 is 1.07 bits per heavy atom. The van der Waals surface area contributed by atoms with Gasteiger partial charge in [0.1, 0.15) is 11.8 Å². The number of aromatic nitrogens is 4. The average Bonchev–Trinajstić information content (AvgIpc) is 2.90. The summed E-state index contributed by atoms with van der Waals surface area (Å²) in [5, 5.41) is 12.1. The molecule has 0 spiro atoms. The molecular weight excluding hydrogens is 404 g/mol. The number of nitrogens with zero attached hydrogens (tertiary/aromatic N) is 5. The Balaban J connectivity index is 2.34. The van der Waals surface area contributed by atoms with Crippen LogP contribution in [-0.4, -0.2) is 19.2 Å². The fourth-order valence-corrected chi connectivity index (χ4v) is 2.45. The second kappa shape index (κ2) is 5.98. The molecule has 27 heavy (non-hydrogen) atoms. The summed E-state index contributed by atoms with van der Waals surface area (Å²) < 4.78 is 78.1. The van der Waals surface area contributed by atoms with Gasteiger partial charge in [-0.3, -0.25) is 0 Å². The Morgan fingerprint density at radius 3 is 2.26 bits per heavy atom. The third-order valence-electron chi connectivity index (χ3n) is 3.43. The molecule has 0 aliphatic heterocycles. The molecule has 3 rings (SSSR count). The van der Waals surface area contributed by atoms with E-state index in [4.69, 9.17) is 16.9 Å². The first-order valence-corrected chi connectivity index (χ1v) is 7.17. The van der Waals surface area contributed by atoms with Crippen molar-refractivity contribution in [1.29, 1.82) is 5.26 Å². The molecule has 140 valence electrons. The number of pyridine rings is 2. The number of halogens is 7. The molecule has 3 aromatic rings. The van der Waals surface area contributed by atoms with E-state index in [1.54, 1.807) is 0 Å². The highest BCUT2D eigenvalue weighted by atomic mass is 35.5. The Hall–Kier alpha value is -3.07. The van der Waals surface area contributed by atoms with E-state index in [1.165, 1.54) is 6.07 Å². The molecule has 6 nitrogen and oxygen atoms in total. The van der Waals surface area contributed by atoms with Gasteiger partial charge in [-0.15, -0.1) is 5.10 Å². The molecule has 0 aliphatic rings. The average molecular weight is 408 g/mol. The third-order valence-corrected chi connectivity index (χ3v) is 3.71. The van der Waals surface area contributed by atoms with Gasteiger partial charge in [0, 0.05) is 12.4 Å². The summed E-state index contributed by atoms with van der Waals surface area (Å²) >= 11 is 5.72. The van der Waals surface area contributed by atoms with Crippen LogP contribution < -0.4 is 5.69 Å². The van der Waals surface area contributed by atoms with Crippen LogP contribution in [0.3, 0.4) is 0 Å². The van der Waals surface area contributed by atoms with Crippen LogP contribution in [0.5, 0.6) is 0 Å². The van der Waals surface area contributed by atoms with E-state index in [0.717, 1.165) is 0 Å². The van der Waals surface area contributed by atoms with Crippen LogP contribution in [0, 0.1) is 11.3 Å². The SMILES string of the molecule is N#Cc1ncc(C(F)(F)F)cc1-n1nc2c(Cl)cc(C(F)(F)F)cn2c1=O. The summed E-state index contributed by atoms with van der Waals surface area (Å²) in [5.74, 6) is 0. The van der Waals surface area contributed by atoms with Crippen LogP contribution in [0.4, 0.5) is 26.3 Å².